The lowest BCUT2D eigenvalue weighted by Gasteiger charge is -2.55. The maximum atomic E-state index is 13.5. The summed E-state index contributed by atoms with van der Waals surface area (Å²) in [5.41, 5.74) is 1.01. The number of nitrogens with one attached hydrogen (secondary N) is 2. The fraction of sp³-hybridized carbons (Fsp3) is 0.500. The summed E-state index contributed by atoms with van der Waals surface area (Å²) in [5.74, 6) is 1.20. The fourth-order valence-electron chi connectivity index (χ4n) is 7.71. The van der Waals surface area contributed by atoms with Gasteiger partial charge in [0.2, 0.25) is 5.91 Å². The van der Waals surface area contributed by atoms with E-state index in [1.54, 1.807) is 42.5 Å². The first-order chi connectivity index (χ1) is 21.1. The molecule has 1 saturated heterocycles. The summed E-state index contributed by atoms with van der Waals surface area (Å²) in [4.78, 5) is 53.8. The van der Waals surface area contributed by atoms with Gasteiger partial charge in [0.25, 0.3) is 5.91 Å². The highest BCUT2D eigenvalue weighted by molar-refractivity contribution is 7.99. The first kappa shape index (κ1) is 31.0. The molecule has 0 aromatic heterocycles. The molecule has 0 radical (unpaired) electrons. The summed E-state index contributed by atoms with van der Waals surface area (Å²) in [6.07, 6.45) is 6.19. The number of anilines is 1. The average molecular weight is 661 g/mol. The molecule has 3 amide bonds. The van der Waals surface area contributed by atoms with Gasteiger partial charge in [0, 0.05) is 17.9 Å². The van der Waals surface area contributed by atoms with Gasteiger partial charge in [-0.25, -0.2) is 9.59 Å². The molecule has 4 aliphatic carbocycles. The fourth-order valence-corrected chi connectivity index (χ4v) is 9.42. The van der Waals surface area contributed by atoms with E-state index in [1.165, 1.54) is 43.0 Å². The van der Waals surface area contributed by atoms with Gasteiger partial charge in [-0.05, 0) is 86.1 Å². The second-order valence-corrected chi connectivity index (χ2v) is 14.3. The number of methoxy groups -OCH3 is 1. The van der Waals surface area contributed by atoms with Crippen LogP contribution in [-0.4, -0.2) is 65.2 Å². The maximum absolute atomic E-state index is 13.5. The molecule has 44 heavy (non-hydrogen) atoms. The molecular formula is C32H35Cl2N3O6S. The normalized spacial score (nSPS) is 27.5. The summed E-state index contributed by atoms with van der Waals surface area (Å²) in [5, 5.41) is 6.05. The third-order valence-electron chi connectivity index (χ3n) is 9.35. The minimum absolute atomic E-state index is 0.153. The SMILES string of the molecule is COC(=O)[C@H](Cc1ccc(NC(=O)c2c(Cl)cccc2Cl)cc1)NC(=O)[C@H]1CSCN1C(=O)OC12CC3CC(CC(C3)C1)C2. The lowest BCUT2D eigenvalue weighted by Crippen LogP contribution is -2.56. The van der Waals surface area contributed by atoms with Crippen LogP contribution in [0.1, 0.15) is 54.4 Å². The Morgan fingerprint density at radius 1 is 0.977 bits per heavy atom. The van der Waals surface area contributed by atoms with Gasteiger partial charge in [-0.3, -0.25) is 14.5 Å². The molecule has 0 unspecified atom stereocenters. The van der Waals surface area contributed by atoms with Gasteiger partial charge in [0.05, 0.1) is 28.6 Å². The number of thioether (sulfide) groups is 1. The largest absolute Gasteiger partial charge is 0.467 e. The number of rotatable bonds is 8. The van der Waals surface area contributed by atoms with Gasteiger partial charge in [0.1, 0.15) is 17.7 Å². The summed E-state index contributed by atoms with van der Waals surface area (Å²) in [6, 6.07) is 9.96. The van der Waals surface area contributed by atoms with E-state index in [2.05, 4.69) is 10.6 Å². The number of hydrogen-bond acceptors (Lipinski definition) is 7. The molecule has 2 aromatic rings. The molecule has 4 saturated carbocycles. The molecule has 4 bridgehead atoms. The van der Waals surface area contributed by atoms with Crippen molar-refractivity contribution >= 4 is 64.5 Å². The second kappa shape index (κ2) is 12.8. The minimum Gasteiger partial charge on any atom is -0.467 e. The molecule has 2 atom stereocenters. The topological polar surface area (TPSA) is 114 Å². The van der Waals surface area contributed by atoms with Crippen LogP contribution in [0.25, 0.3) is 0 Å². The predicted molar refractivity (Wildman–Crippen MR) is 169 cm³/mol. The summed E-state index contributed by atoms with van der Waals surface area (Å²) >= 11 is 13.8. The maximum Gasteiger partial charge on any atom is 0.411 e. The number of halogens is 2. The van der Waals surface area contributed by atoms with E-state index in [0.29, 0.717) is 35.1 Å². The van der Waals surface area contributed by atoms with Crippen molar-refractivity contribution in [2.24, 2.45) is 17.8 Å². The molecule has 9 nitrogen and oxygen atoms in total. The van der Waals surface area contributed by atoms with Gasteiger partial charge in [-0.2, -0.15) is 0 Å². The molecule has 5 fully saturated rings. The molecule has 1 heterocycles. The zero-order valence-electron chi connectivity index (χ0n) is 24.4. The third-order valence-corrected chi connectivity index (χ3v) is 11.0. The zero-order valence-corrected chi connectivity index (χ0v) is 26.7. The number of amides is 3. The van der Waals surface area contributed by atoms with Gasteiger partial charge in [-0.15, -0.1) is 11.8 Å². The molecule has 5 aliphatic rings. The van der Waals surface area contributed by atoms with Gasteiger partial charge in [-0.1, -0.05) is 41.4 Å². The van der Waals surface area contributed by atoms with Crippen LogP contribution in [0, 0.1) is 17.8 Å². The van der Waals surface area contributed by atoms with E-state index >= 15 is 0 Å². The first-order valence-corrected chi connectivity index (χ1v) is 16.8. The zero-order chi connectivity index (χ0) is 31.0. The highest BCUT2D eigenvalue weighted by Crippen LogP contribution is 2.57. The van der Waals surface area contributed by atoms with Crippen molar-refractivity contribution in [3.8, 4) is 0 Å². The Bertz CT molecular complexity index is 1400. The average Bonchev–Trinajstić information content (AvgIpc) is 3.47. The Hall–Kier alpha value is -2.95. The Morgan fingerprint density at radius 2 is 1.59 bits per heavy atom. The first-order valence-electron chi connectivity index (χ1n) is 14.9. The van der Waals surface area contributed by atoms with Crippen LogP contribution in [-0.2, 0) is 25.5 Å². The third kappa shape index (κ3) is 6.53. The lowest BCUT2D eigenvalue weighted by atomic mass is 9.54. The Labute approximate surface area is 270 Å². The Balaban J connectivity index is 1.08. The molecule has 12 heteroatoms. The molecule has 2 N–H and O–H groups in total. The number of hydrogen-bond donors (Lipinski definition) is 2. The number of carbonyl (C=O) groups excluding carboxylic acids is 4. The highest BCUT2D eigenvalue weighted by Gasteiger charge is 2.54. The van der Waals surface area contributed by atoms with Crippen LogP contribution in [0.2, 0.25) is 10.0 Å². The molecular weight excluding hydrogens is 625 g/mol. The molecule has 0 spiro atoms. The number of nitrogens with zero attached hydrogens (tertiary/aromatic N) is 1. The van der Waals surface area contributed by atoms with Crippen LogP contribution < -0.4 is 10.6 Å². The second-order valence-electron chi connectivity index (χ2n) is 12.5. The van der Waals surface area contributed by atoms with Crippen molar-refractivity contribution in [2.75, 3.05) is 24.1 Å². The van der Waals surface area contributed by atoms with Gasteiger partial charge < -0.3 is 20.1 Å². The van der Waals surface area contributed by atoms with Crippen molar-refractivity contribution in [2.45, 2.75) is 62.6 Å². The Morgan fingerprint density at radius 3 is 2.18 bits per heavy atom. The minimum atomic E-state index is -0.971. The van der Waals surface area contributed by atoms with Crippen molar-refractivity contribution in [1.82, 2.24) is 10.2 Å². The van der Waals surface area contributed by atoms with E-state index < -0.39 is 41.6 Å². The predicted octanol–water partition coefficient (Wildman–Crippen LogP) is 5.93. The van der Waals surface area contributed by atoms with E-state index in [0.717, 1.165) is 24.8 Å². The smallest absolute Gasteiger partial charge is 0.411 e. The monoisotopic (exact) mass is 659 g/mol. The van der Waals surface area contributed by atoms with Crippen molar-refractivity contribution in [3.63, 3.8) is 0 Å². The van der Waals surface area contributed by atoms with Crippen LogP contribution in [0.3, 0.4) is 0 Å². The number of esters is 1. The summed E-state index contributed by atoms with van der Waals surface area (Å²) in [6.45, 7) is 0. The van der Waals surface area contributed by atoms with Crippen LogP contribution in [0.4, 0.5) is 10.5 Å². The quantitative estimate of drug-likeness (QED) is 0.338. The molecule has 1 aliphatic heterocycles. The van der Waals surface area contributed by atoms with Crippen LogP contribution in [0.15, 0.2) is 42.5 Å². The van der Waals surface area contributed by atoms with Crippen LogP contribution in [0.5, 0.6) is 0 Å². The summed E-state index contributed by atoms with van der Waals surface area (Å²) in [7, 11) is 1.26. The molecule has 234 valence electrons. The van der Waals surface area contributed by atoms with Gasteiger partial charge >= 0.3 is 12.1 Å². The van der Waals surface area contributed by atoms with E-state index in [-0.39, 0.29) is 22.0 Å². The highest BCUT2D eigenvalue weighted by atomic mass is 35.5. The number of benzene rings is 2. The van der Waals surface area contributed by atoms with Gasteiger partial charge in [0.15, 0.2) is 0 Å². The standard InChI is InChI=1S/C32H35Cl2N3O6S/c1-42-30(40)25(12-18-5-7-22(8-6-18)35-29(39)27-23(33)3-2-4-24(27)34)36-28(38)26-16-44-17-37(26)31(41)43-32-13-19-9-20(14-32)11-21(10-19)15-32/h2-8,19-21,25-26H,9-17H2,1H3,(H,35,39)(H,36,38)/t19?,20?,21?,25-,26+,32?/m0/s1. The number of ether oxygens (including phenoxy) is 2. The van der Waals surface area contributed by atoms with Crippen molar-refractivity contribution in [3.05, 3.63) is 63.6 Å². The Kier molecular flexibility index (Phi) is 9.04. The number of carbonyl (C=O) groups is 4. The van der Waals surface area contributed by atoms with Crippen molar-refractivity contribution < 1.29 is 28.7 Å². The van der Waals surface area contributed by atoms with E-state index in [1.807, 2.05) is 0 Å². The van der Waals surface area contributed by atoms with Crippen molar-refractivity contribution in [1.29, 1.82) is 0 Å². The lowest BCUT2D eigenvalue weighted by molar-refractivity contribution is -0.146. The molecule has 2 aromatic carbocycles. The van der Waals surface area contributed by atoms with Crippen LogP contribution >= 0.6 is 35.0 Å². The van der Waals surface area contributed by atoms with E-state index in [4.69, 9.17) is 32.7 Å². The molecule has 7 rings (SSSR count). The summed E-state index contributed by atoms with van der Waals surface area (Å²) < 4.78 is 11.2. The van der Waals surface area contributed by atoms with E-state index in [9.17, 15) is 19.2 Å².